The van der Waals surface area contributed by atoms with Gasteiger partial charge in [0.25, 0.3) is 0 Å². The van der Waals surface area contributed by atoms with E-state index < -0.39 is 157 Å². The van der Waals surface area contributed by atoms with E-state index in [0.717, 1.165) is 55.4 Å². The molecule has 0 spiro atoms. The summed E-state index contributed by atoms with van der Waals surface area (Å²) >= 11 is 0. The number of allylic oxidation sites excluding steroid dienone is 2. The van der Waals surface area contributed by atoms with Crippen molar-refractivity contribution in [3.05, 3.63) is 83.3 Å². The number of carbonyl (C=O) groups is 10. The van der Waals surface area contributed by atoms with Crippen LogP contribution in [0.2, 0.25) is 0 Å². The summed E-state index contributed by atoms with van der Waals surface area (Å²) < 4.78 is 68.4. The predicted octanol–water partition coefficient (Wildman–Crippen LogP) is 2.16. The van der Waals surface area contributed by atoms with Crippen molar-refractivity contribution < 1.29 is 105 Å². The second kappa shape index (κ2) is 22.8. The summed E-state index contributed by atoms with van der Waals surface area (Å²) in [4.78, 5) is 130. The molecule has 1 aliphatic carbocycles. The van der Waals surface area contributed by atoms with Crippen molar-refractivity contribution in [3.8, 4) is 0 Å². The third kappa shape index (κ3) is 12.9. The van der Waals surface area contributed by atoms with Gasteiger partial charge in [0.1, 0.15) is 25.4 Å². The van der Waals surface area contributed by atoms with E-state index in [2.05, 4.69) is 0 Å². The van der Waals surface area contributed by atoms with E-state index in [0.29, 0.717) is 0 Å². The summed E-state index contributed by atoms with van der Waals surface area (Å²) in [5.74, 6) is -11.0. The zero-order valence-electron chi connectivity index (χ0n) is 37.9. The number of carbonyl (C=O) groups excluding carboxylic acids is 10. The Hall–Kier alpha value is -7.46. The van der Waals surface area contributed by atoms with Crippen LogP contribution in [-0.2, 0) is 105 Å². The minimum absolute atomic E-state index is 0.0289. The molecule has 2 aliphatic heterocycles. The first-order chi connectivity index (χ1) is 32.2. The topological polar surface area (TPSA) is 281 Å². The van der Waals surface area contributed by atoms with Gasteiger partial charge in [0.2, 0.25) is 36.4 Å². The lowest BCUT2D eigenvalue weighted by Crippen LogP contribution is -2.63. The summed E-state index contributed by atoms with van der Waals surface area (Å²) in [6.45, 7) is 6.89. The summed E-state index contributed by atoms with van der Waals surface area (Å²) in [6.07, 6.45) is -17.4. The maximum absolute atomic E-state index is 15.4. The van der Waals surface area contributed by atoms with Crippen LogP contribution in [0.4, 0.5) is 0 Å². The highest BCUT2D eigenvalue weighted by molar-refractivity contribution is 6.46. The van der Waals surface area contributed by atoms with Gasteiger partial charge in [-0.25, -0.2) is 0 Å². The molecule has 22 heteroatoms. The Morgan fingerprint density at radius 1 is 0.397 bits per heavy atom. The van der Waals surface area contributed by atoms with Crippen LogP contribution in [0.1, 0.15) is 66.5 Å². The number of esters is 8. The minimum Gasteiger partial charge on any atom is -0.463 e. The van der Waals surface area contributed by atoms with Gasteiger partial charge >= 0.3 is 47.8 Å². The van der Waals surface area contributed by atoms with Crippen LogP contribution in [0, 0.1) is 0 Å². The summed E-state index contributed by atoms with van der Waals surface area (Å²) in [7, 11) is 0. The normalized spacial score (nSPS) is 25.8. The fourth-order valence-electron chi connectivity index (χ4n) is 7.42. The van der Waals surface area contributed by atoms with Gasteiger partial charge in [0.15, 0.2) is 35.9 Å². The molecular formula is C46H48O22. The van der Waals surface area contributed by atoms with Gasteiger partial charge in [0.05, 0.1) is 11.1 Å². The maximum Gasteiger partial charge on any atom is 0.303 e. The van der Waals surface area contributed by atoms with E-state index >= 15 is 9.59 Å². The van der Waals surface area contributed by atoms with Gasteiger partial charge in [-0.2, -0.15) is 0 Å². The number of benzene rings is 2. The highest BCUT2D eigenvalue weighted by atomic mass is 16.8. The van der Waals surface area contributed by atoms with E-state index in [1.165, 1.54) is 48.5 Å². The second-order valence-corrected chi connectivity index (χ2v) is 15.2. The Bertz CT molecular complexity index is 2190. The number of Topliss-reactive ketones (excluding diaryl/α,β-unsaturated/α-hetero) is 2. The van der Waals surface area contributed by atoms with Crippen LogP contribution in [0.5, 0.6) is 0 Å². The SMILES string of the molecule is CC(=O)OC[C@@H]1O[C@H](OC2=C(c3ccccc3)C(=O)C(O[C@@H]3O[C@H](COC(C)=O)[C@@H](OC(C)=O)[C@H](OC(C)=O)[C@@H]3OC(C)=O)=C(c3ccccc3)C2=O)[C@@H](OC(C)=O)[C@H](OC(C)=O)[C@H]1OC(C)=O. The van der Waals surface area contributed by atoms with Crippen molar-refractivity contribution in [2.24, 2.45) is 0 Å². The fraction of sp³-hybridized carbons (Fsp3) is 0.435. The number of ether oxygens (including phenoxy) is 12. The van der Waals surface area contributed by atoms with E-state index in [1.807, 2.05) is 0 Å². The largest absolute Gasteiger partial charge is 0.463 e. The molecule has 0 bridgehead atoms. The lowest BCUT2D eigenvalue weighted by molar-refractivity contribution is -0.300. The Balaban J connectivity index is 1.74. The van der Waals surface area contributed by atoms with Gasteiger partial charge in [-0.3, -0.25) is 47.9 Å². The van der Waals surface area contributed by atoms with Gasteiger partial charge in [0, 0.05) is 55.4 Å². The van der Waals surface area contributed by atoms with Crippen LogP contribution in [0.25, 0.3) is 11.1 Å². The van der Waals surface area contributed by atoms with Crippen molar-refractivity contribution in [2.45, 2.75) is 117 Å². The van der Waals surface area contributed by atoms with E-state index in [4.69, 9.17) is 56.8 Å². The molecule has 5 rings (SSSR count). The molecule has 22 nitrogen and oxygen atoms in total. The van der Waals surface area contributed by atoms with Crippen molar-refractivity contribution in [1.29, 1.82) is 0 Å². The molecule has 0 saturated carbocycles. The molecule has 0 aromatic heterocycles. The Kier molecular flexibility index (Phi) is 17.3. The first kappa shape index (κ1) is 51.5. The number of hydrogen-bond donors (Lipinski definition) is 0. The van der Waals surface area contributed by atoms with Gasteiger partial charge in [-0.15, -0.1) is 0 Å². The van der Waals surface area contributed by atoms with Crippen LogP contribution in [-0.4, -0.2) is 134 Å². The Labute approximate surface area is 387 Å². The molecule has 2 aromatic carbocycles. The quantitative estimate of drug-likeness (QED) is 0.132. The summed E-state index contributed by atoms with van der Waals surface area (Å²) in [5, 5.41) is 0. The molecular weight excluding hydrogens is 904 g/mol. The molecule has 10 atom stereocenters. The average Bonchev–Trinajstić information content (AvgIpc) is 3.25. The molecule has 2 saturated heterocycles. The van der Waals surface area contributed by atoms with Gasteiger partial charge < -0.3 is 56.8 Å². The third-order valence-corrected chi connectivity index (χ3v) is 9.81. The first-order valence-corrected chi connectivity index (χ1v) is 20.8. The van der Waals surface area contributed by atoms with Crippen molar-refractivity contribution >= 4 is 70.5 Å². The Morgan fingerprint density at radius 3 is 0.956 bits per heavy atom. The van der Waals surface area contributed by atoms with E-state index in [-0.39, 0.29) is 11.1 Å². The third-order valence-electron chi connectivity index (χ3n) is 9.81. The monoisotopic (exact) mass is 952 g/mol. The highest BCUT2D eigenvalue weighted by Gasteiger charge is 2.57. The summed E-state index contributed by atoms with van der Waals surface area (Å²) in [5.41, 5.74) is -0.963. The fourth-order valence-corrected chi connectivity index (χ4v) is 7.42. The Morgan fingerprint density at radius 2 is 0.676 bits per heavy atom. The minimum atomic E-state index is -2.00. The second-order valence-electron chi connectivity index (χ2n) is 15.2. The highest BCUT2D eigenvalue weighted by Crippen LogP contribution is 2.42. The molecule has 2 aromatic rings. The first-order valence-electron chi connectivity index (χ1n) is 20.8. The van der Waals surface area contributed by atoms with E-state index in [1.54, 1.807) is 12.1 Å². The van der Waals surface area contributed by atoms with Gasteiger partial charge in [-0.05, 0) is 11.1 Å². The van der Waals surface area contributed by atoms with Crippen LogP contribution >= 0.6 is 0 Å². The number of rotatable bonds is 16. The smallest absolute Gasteiger partial charge is 0.303 e. The number of hydrogen-bond acceptors (Lipinski definition) is 22. The van der Waals surface area contributed by atoms with Crippen molar-refractivity contribution in [3.63, 3.8) is 0 Å². The van der Waals surface area contributed by atoms with Gasteiger partial charge in [-0.1, -0.05) is 60.7 Å². The zero-order valence-corrected chi connectivity index (χ0v) is 37.9. The molecule has 0 radical (unpaired) electrons. The molecule has 2 fully saturated rings. The van der Waals surface area contributed by atoms with Crippen LogP contribution in [0.15, 0.2) is 72.2 Å². The van der Waals surface area contributed by atoms with Crippen molar-refractivity contribution in [2.75, 3.05) is 13.2 Å². The lowest BCUT2D eigenvalue weighted by atomic mass is 9.85. The lowest BCUT2D eigenvalue weighted by Gasteiger charge is -2.45. The maximum atomic E-state index is 15.4. The molecule has 68 heavy (non-hydrogen) atoms. The van der Waals surface area contributed by atoms with E-state index in [9.17, 15) is 38.4 Å². The molecule has 3 aliphatic rings. The standard InChI is InChI=1S/C46H48O22/c1-21(47)57-19-31-37(59-23(3)49)41(61-25(5)51)43(63-27(7)53)45(65-31)67-39-33(29-15-11-9-12-16-29)36(56)40(34(35(39)55)30-17-13-10-14-18-30)68-46-44(64-28(8)54)42(62-26(6)52)38(60-24(4)50)32(66-46)20-58-22(2)48/h9-18,31-32,37-38,41-46H,19-20H2,1-8H3/t31-,32+,37-,38+,41+,42-,43-,44-,45+,46-/m0/s1. The van der Waals surface area contributed by atoms with Crippen LogP contribution < -0.4 is 0 Å². The summed E-state index contributed by atoms with van der Waals surface area (Å²) in [6, 6.07) is 15.0. The van der Waals surface area contributed by atoms with Crippen molar-refractivity contribution in [1.82, 2.24) is 0 Å². The molecule has 2 heterocycles. The molecule has 0 unspecified atom stereocenters. The zero-order chi connectivity index (χ0) is 50.0. The molecule has 0 amide bonds. The molecule has 0 N–H and O–H groups in total. The number of ketones is 2. The predicted molar refractivity (Wildman–Crippen MR) is 223 cm³/mol. The average molecular weight is 953 g/mol. The van der Waals surface area contributed by atoms with Crippen LogP contribution in [0.3, 0.4) is 0 Å². The molecule has 364 valence electrons.